The van der Waals surface area contributed by atoms with Crippen molar-refractivity contribution in [2.45, 2.75) is 6.18 Å². The van der Waals surface area contributed by atoms with Crippen LogP contribution in [0.3, 0.4) is 0 Å². The maximum atomic E-state index is 12.8. The summed E-state index contributed by atoms with van der Waals surface area (Å²) < 4.78 is 38.4. The van der Waals surface area contributed by atoms with Crippen LogP contribution in [0.5, 0.6) is 0 Å². The van der Waals surface area contributed by atoms with E-state index in [0.717, 1.165) is 18.2 Å². The molecular formula is C15H9ClF3N3O4. The molecule has 0 aliphatic carbocycles. The number of hydrogen-bond acceptors (Lipinski definition) is 4. The number of hydrogen-bond donors (Lipinski definition) is 2. The standard InChI is InChI=1S/C15H9ClF3N3O4/c16-10-6-5-8(7-9(10)15(17,18)19)20-13(23)14(24)21-11-3-1-2-4-12(11)22(25)26/h1-7H,(H,20,23)(H,21,24). The molecule has 2 rings (SSSR count). The Kier molecular flexibility index (Phi) is 5.46. The minimum absolute atomic E-state index is 0.232. The van der Waals surface area contributed by atoms with Crippen molar-refractivity contribution in [3.8, 4) is 0 Å². The average molecular weight is 388 g/mol. The maximum Gasteiger partial charge on any atom is 0.417 e. The van der Waals surface area contributed by atoms with Crippen molar-refractivity contribution in [3.63, 3.8) is 0 Å². The molecule has 2 amide bonds. The number of rotatable bonds is 3. The van der Waals surface area contributed by atoms with Gasteiger partial charge in [0.25, 0.3) is 5.69 Å². The van der Waals surface area contributed by atoms with Gasteiger partial charge in [-0.15, -0.1) is 0 Å². The average Bonchev–Trinajstić information content (AvgIpc) is 2.55. The van der Waals surface area contributed by atoms with Crippen molar-refractivity contribution in [2.24, 2.45) is 0 Å². The number of para-hydroxylation sites is 2. The SMILES string of the molecule is O=C(Nc1ccc(Cl)c(C(F)(F)F)c1)C(=O)Nc1ccccc1[N+](=O)[O-]. The summed E-state index contributed by atoms with van der Waals surface area (Å²) in [5, 5.41) is 14.3. The van der Waals surface area contributed by atoms with Crippen LogP contribution in [0.2, 0.25) is 5.02 Å². The van der Waals surface area contributed by atoms with Crippen LogP contribution in [0.15, 0.2) is 42.5 Å². The molecule has 0 aliphatic heterocycles. The molecule has 0 spiro atoms. The van der Waals surface area contributed by atoms with Gasteiger partial charge in [0.15, 0.2) is 0 Å². The van der Waals surface area contributed by atoms with Gasteiger partial charge in [-0.2, -0.15) is 13.2 Å². The smallest absolute Gasteiger partial charge is 0.318 e. The number of carbonyl (C=O) groups excluding carboxylic acids is 2. The number of nitro groups is 1. The topological polar surface area (TPSA) is 101 Å². The molecule has 0 radical (unpaired) electrons. The van der Waals surface area contributed by atoms with Crippen molar-refractivity contribution < 1.29 is 27.7 Å². The van der Waals surface area contributed by atoms with Gasteiger partial charge in [0, 0.05) is 11.8 Å². The van der Waals surface area contributed by atoms with Crippen molar-refractivity contribution in [3.05, 3.63) is 63.2 Å². The first-order chi connectivity index (χ1) is 12.1. The molecule has 0 aliphatic rings. The van der Waals surface area contributed by atoms with E-state index < -0.39 is 39.2 Å². The van der Waals surface area contributed by atoms with Crippen LogP contribution >= 0.6 is 11.6 Å². The highest BCUT2D eigenvalue weighted by Gasteiger charge is 2.33. The number of nitrogens with zero attached hydrogens (tertiary/aromatic N) is 1. The molecule has 0 fully saturated rings. The molecule has 0 saturated carbocycles. The summed E-state index contributed by atoms with van der Waals surface area (Å²) in [4.78, 5) is 33.8. The summed E-state index contributed by atoms with van der Waals surface area (Å²) in [7, 11) is 0. The Balaban J connectivity index is 2.16. The largest absolute Gasteiger partial charge is 0.417 e. The molecule has 2 N–H and O–H groups in total. The number of benzene rings is 2. The zero-order valence-corrected chi connectivity index (χ0v) is 13.4. The molecule has 26 heavy (non-hydrogen) atoms. The third-order valence-corrected chi connectivity index (χ3v) is 3.41. The van der Waals surface area contributed by atoms with Crippen molar-refractivity contribution in [1.29, 1.82) is 0 Å². The Bertz CT molecular complexity index is 887. The van der Waals surface area contributed by atoms with Gasteiger partial charge >= 0.3 is 18.0 Å². The second-order valence-electron chi connectivity index (χ2n) is 4.87. The molecule has 136 valence electrons. The van der Waals surface area contributed by atoms with Gasteiger partial charge < -0.3 is 10.6 Å². The number of amides is 2. The summed E-state index contributed by atoms with van der Waals surface area (Å²) in [6.07, 6.45) is -4.75. The van der Waals surface area contributed by atoms with Gasteiger partial charge in [-0.1, -0.05) is 23.7 Å². The van der Waals surface area contributed by atoms with Gasteiger partial charge in [0.05, 0.1) is 15.5 Å². The van der Waals surface area contributed by atoms with Gasteiger partial charge in [0.2, 0.25) is 0 Å². The van der Waals surface area contributed by atoms with E-state index in [2.05, 4.69) is 0 Å². The predicted molar refractivity (Wildman–Crippen MR) is 86.8 cm³/mol. The van der Waals surface area contributed by atoms with E-state index in [1.54, 1.807) is 0 Å². The lowest BCUT2D eigenvalue weighted by atomic mass is 10.2. The molecule has 2 aromatic carbocycles. The van der Waals surface area contributed by atoms with Crippen LogP contribution in [0, 0.1) is 10.1 Å². The van der Waals surface area contributed by atoms with Gasteiger partial charge in [-0.3, -0.25) is 19.7 Å². The number of halogens is 4. The lowest BCUT2D eigenvalue weighted by Gasteiger charge is -2.11. The second-order valence-corrected chi connectivity index (χ2v) is 5.28. The highest BCUT2D eigenvalue weighted by atomic mass is 35.5. The second kappa shape index (κ2) is 7.40. The van der Waals surface area contributed by atoms with Crippen molar-refractivity contribution >= 4 is 40.5 Å². The number of carbonyl (C=O) groups is 2. The predicted octanol–water partition coefficient (Wildman–Crippen LogP) is 3.84. The number of anilines is 2. The van der Waals surface area contributed by atoms with Crippen LogP contribution in [0.4, 0.5) is 30.2 Å². The molecule has 0 heterocycles. The van der Waals surface area contributed by atoms with E-state index in [4.69, 9.17) is 11.6 Å². The minimum atomic E-state index is -4.75. The van der Waals surface area contributed by atoms with Gasteiger partial charge in [-0.25, -0.2) is 0 Å². The lowest BCUT2D eigenvalue weighted by molar-refractivity contribution is -0.383. The first kappa shape index (κ1) is 19.2. The molecule has 0 unspecified atom stereocenters. The van der Waals surface area contributed by atoms with Crippen molar-refractivity contribution in [1.82, 2.24) is 0 Å². The molecule has 11 heteroatoms. The maximum absolute atomic E-state index is 12.8. The fourth-order valence-electron chi connectivity index (χ4n) is 1.93. The normalized spacial score (nSPS) is 10.9. The van der Waals surface area contributed by atoms with E-state index in [1.807, 2.05) is 10.6 Å². The Hall–Kier alpha value is -3.14. The van der Waals surface area contributed by atoms with Crippen LogP contribution in [0.1, 0.15) is 5.56 Å². The third kappa shape index (κ3) is 4.48. The van der Waals surface area contributed by atoms with Crippen LogP contribution < -0.4 is 10.6 Å². The first-order valence-electron chi connectivity index (χ1n) is 6.82. The lowest BCUT2D eigenvalue weighted by Crippen LogP contribution is -2.29. The van der Waals surface area contributed by atoms with E-state index in [0.29, 0.717) is 6.07 Å². The highest BCUT2D eigenvalue weighted by Crippen LogP contribution is 2.36. The summed E-state index contributed by atoms with van der Waals surface area (Å²) >= 11 is 5.46. The summed E-state index contributed by atoms with van der Waals surface area (Å²) in [5.41, 5.74) is -2.18. The monoisotopic (exact) mass is 387 g/mol. The van der Waals surface area contributed by atoms with E-state index in [-0.39, 0.29) is 11.4 Å². The number of nitrogens with one attached hydrogen (secondary N) is 2. The molecule has 0 saturated heterocycles. The zero-order valence-electron chi connectivity index (χ0n) is 12.6. The van der Waals surface area contributed by atoms with Gasteiger partial charge in [0.1, 0.15) is 5.69 Å². The Morgan fingerprint density at radius 2 is 1.65 bits per heavy atom. The van der Waals surface area contributed by atoms with Crippen LogP contribution in [0.25, 0.3) is 0 Å². The van der Waals surface area contributed by atoms with Gasteiger partial charge in [-0.05, 0) is 24.3 Å². The molecule has 0 atom stereocenters. The highest BCUT2D eigenvalue weighted by molar-refractivity contribution is 6.44. The van der Waals surface area contributed by atoms with E-state index in [9.17, 15) is 32.9 Å². The zero-order chi connectivity index (χ0) is 19.5. The minimum Gasteiger partial charge on any atom is -0.318 e. The van der Waals surface area contributed by atoms with Crippen LogP contribution in [-0.4, -0.2) is 16.7 Å². The quantitative estimate of drug-likeness (QED) is 0.474. The molecular weight excluding hydrogens is 379 g/mol. The Morgan fingerprint density at radius 1 is 1.04 bits per heavy atom. The molecule has 2 aromatic rings. The fourth-order valence-corrected chi connectivity index (χ4v) is 2.15. The molecule has 7 nitrogen and oxygen atoms in total. The van der Waals surface area contributed by atoms with E-state index in [1.165, 1.54) is 18.2 Å². The number of nitro benzene ring substituents is 1. The molecule has 0 aromatic heterocycles. The first-order valence-corrected chi connectivity index (χ1v) is 7.20. The fraction of sp³-hybridized carbons (Fsp3) is 0.0667. The Labute approximate surface area is 148 Å². The summed E-state index contributed by atoms with van der Waals surface area (Å²) in [5.74, 6) is -2.60. The van der Waals surface area contributed by atoms with Crippen molar-refractivity contribution in [2.75, 3.05) is 10.6 Å². The molecule has 0 bridgehead atoms. The number of alkyl halides is 3. The third-order valence-electron chi connectivity index (χ3n) is 3.08. The van der Waals surface area contributed by atoms with E-state index >= 15 is 0 Å². The summed E-state index contributed by atoms with van der Waals surface area (Å²) in [6.45, 7) is 0. The Morgan fingerprint density at radius 3 is 2.27 bits per heavy atom. The van der Waals surface area contributed by atoms with Crippen LogP contribution in [-0.2, 0) is 15.8 Å². The summed E-state index contributed by atoms with van der Waals surface area (Å²) in [6, 6.07) is 7.64.